The van der Waals surface area contributed by atoms with E-state index in [1.54, 1.807) is 18.2 Å². The largest absolute Gasteiger partial charge is 0.461 e. The van der Waals surface area contributed by atoms with E-state index in [1.807, 2.05) is 18.2 Å². The lowest BCUT2D eigenvalue weighted by Crippen LogP contribution is -2.33. The Morgan fingerprint density at radius 1 is 1.16 bits per heavy atom. The van der Waals surface area contributed by atoms with E-state index in [-0.39, 0.29) is 18.9 Å². The Balaban J connectivity index is 2.71. The van der Waals surface area contributed by atoms with Crippen molar-refractivity contribution in [3.8, 4) is 0 Å². The van der Waals surface area contributed by atoms with E-state index in [1.165, 1.54) is 11.0 Å². The first kappa shape index (κ1) is 14.7. The lowest BCUT2D eigenvalue weighted by atomic mass is 10.2. The van der Waals surface area contributed by atoms with Gasteiger partial charge in [-0.1, -0.05) is 36.9 Å². The van der Waals surface area contributed by atoms with E-state index in [0.29, 0.717) is 6.54 Å². The minimum atomic E-state index is -0.560. The molecule has 1 aromatic carbocycles. The van der Waals surface area contributed by atoms with Crippen LogP contribution in [0.25, 0.3) is 0 Å². The van der Waals surface area contributed by atoms with Crippen LogP contribution in [-0.2, 0) is 14.3 Å². The molecule has 1 amide bonds. The molecule has 0 aliphatic heterocycles. The summed E-state index contributed by atoms with van der Waals surface area (Å²) in [5.41, 5.74) is 0.726. The van der Waals surface area contributed by atoms with Gasteiger partial charge in [0.1, 0.15) is 13.0 Å². The lowest BCUT2D eigenvalue weighted by molar-refractivity contribution is -0.144. The maximum atomic E-state index is 12.1. The summed E-state index contributed by atoms with van der Waals surface area (Å²) in [7, 11) is 0. The highest BCUT2D eigenvalue weighted by Gasteiger charge is 2.18. The normalized spacial score (nSPS) is 9.47. The van der Waals surface area contributed by atoms with Gasteiger partial charge in [-0.05, 0) is 12.1 Å². The van der Waals surface area contributed by atoms with E-state index in [9.17, 15) is 9.59 Å². The van der Waals surface area contributed by atoms with Crippen molar-refractivity contribution in [1.29, 1.82) is 0 Å². The number of para-hydroxylation sites is 1. The molecule has 0 fully saturated rings. The number of benzene rings is 1. The molecule has 19 heavy (non-hydrogen) atoms. The highest BCUT2D eigenvalue weighted by Crippen LogP contribution is 2.14. The van der Waals surface area contributed by atoms with Crippen LogP contribution in [0.3, 0.4) is 0 Å². The van der Waals surface area contributed by atoms with Crippen molar-refractivity contribution in [3.63, 3.8) is 0 Å². The standard InChI is InChI=1S/C15H17NO3/c1-3-10-16(13-8-6-5-7-9-13)14(17)12-15(18)19-11-4-2/h3-9H,1-2,10-12H2. The molecule has 0 saturated carbocycles. The molecule has 1 rings (SSSR count). The molecule has 4 nitrogen and oxygen atoms in total. The number of carbonyl (C=O) groups excluding carboxylic acids is 2. The summed E-state index contributed by atoms with van der Waals surface area (Å²) in [6.07, 6.45) is 2.78. The van der Waals surface area contributed by atoms with Crippen LogP contribution in [0.4, 0.5) is 5.69 Å². The average Bonchev–Trinajstić information content (AvgIpc) is 2.43. The molecule has 0 N–H and O–H groups in total. The molecule has 0 radical (unpaired) electrons. The minimum Gasteiger partial charge on any atom is -0.461 e. The minimum absolute atomic E-state index is 0.110. The zero-order valence-corrected chi connectivity index (χ0v) is 10.7. The summed E-state index contributed by atoms with van der Waals surface area (Å²) in [4.78, 5) is 25.0. The molecule has 0 heterocycles. The highest BCUT2D eigenvalue weighted by molar-refractivity contribution is 6.03. The summed E-state index contributed by atoms with van der Waals surface area (Å²) in [6.45, 7) is 7.51. The summed E-state index contributed by atoms with van der Waals surface area (Å²) in [5, 5.41) is 0. The molecule has 0 bridgehead atoms. The summed E-state index contributed by atoms with van der Waals surface area (Å²) >= 11 is 0. The van der Waals surface area contributed by atoms with Gasteiger partial charge in [-0.3, -0.25) is 9.59 Å². The number of carbonyl (C=O) groups is 2. The number of amides is 1. The van der Waals surface area contributed by atoms with Crippen LogP contribution in [0.15, 0.2) is 55.6 Å². The van der Waals surface area contributed by atoms with Crippen molar-refractivity contribution in [2.45, 2.75) is 6.42 Å². The van der Waals surface area contributed by atoms with Gasteiger partial charge in [0.15, 0.2) is 0 Å². The molecule has 0 aliphatic carbocycles. The Labute approximate surface area is 113 Å². The first-order chi connectivity index (χ1) is 9.19. The second-order valence-electron chi connectivity index (χ2n) is 3.78. The van der Waals surface area contributed by atoms with Gasteiger partial charge in [0.25, 0.3) is 0 Å². The van der Waals surface area contributed by atoms with Crippen LogP contribution < -0.4 is 4.90 Å². The summed E-state index contributed by atoms with van der Waals surface area (Å²) in [5.74, 6) is -0.880. The van der Waals surface area contributed by atoms with E-state index >= 15 is 0 Å². The number of esters is 1. The predicted octanol–water partition coefficient (Wildman–Crippen LogP) is 2.32. The molecule has 0 aliphatic rings. The molecule has 0 unspecified atom stereocenters. The number of nitrogens with zero attached hydrogens (tertiary/aromatic N) is 1. The molecule has 0 atom stereocenters. The summed E-state index contributed by atoms with van der Waals surface area (Å²) in [6, 6.07) is 9.12. The van der Waals surface area contributed by atoms with Crippen LogP contribution >= 0.6 is 0 Å². The molecule has 0 saturated heterocycles. The van der Waals surface area contributed by atoms with Gasteiger partial charge in [-0.2, -0.15) is 0 Å². The Morgan fingerprint density at radius 3 is 2.42 bits per heavy atom. The predicted molar refractivity (Wildman–Crippen MR) is 74.8 cm³/mol. The van der Waals surface area contributed by atoms with Crippen molar-refractivity contribution < 1.29 is 14.3 Å². The molecule has 0 aromatic heterocycles. The van der Waals surface area contributed by atoms with Gasteiger partial charge in [0.2, 0.25) is 5.91 Å². The topological polar surface area (TPSA) is 46.6 Å². The first-order valence-electron chi connectivity index (χ1n) is 5.92. The van der Waals surface area contributed by atoms with E-state index in [0.717, 1.165) is 5.69 Å². The Bertz CT molecular complexity index is 454. The Morgan fingerprint density at radius 2 is 1.84 bits per heavy atom. The monoisotopic (exact) mass is 259 g/mol. The van der Waals surface area contributed by atoms with Crippen molar-refractivity contribution in [1.82, 2.24) is 0 Å². The molecular weight excluding hydrogens is 242 g/mol. The van der Waals surface area contributed by atoms with Gasteiger partial charge in [0, 0.05) is 12.2 Å². The van der Waals surface area contributed by atoms with Gasteiger partial charge in [-0.15, -0.1) is 6.58 Å². The second-order valence-corrected chi connectivity index (χ2v) is 3.78. The highest BCUT2D eigenvalue weighted by atomic mass is 16.5. The third kappa shape index (κ3) is 4.79. The Hall–Kier alpha value is -2.36. The molecular formula is C15H17NO3. The van der Waals surface area contributed by atoms with E-state index < -0.39 is 5.97 Å². The number of anilines is 1. The van der Waals surface area contributed by atoms with Gasteiger partial charge < -0.3 is 9.64 Å². The van der Waals surface area contributed by atoms with Crippen molar-refractivity contribution in [2.24, 2.45) is 0 Å². The van der Waals surface area contributed by atoms with Crippen LogP contribution in [0.1, 0.15) is 6.42 Å². The fourth-order valence-electron chi connectivity index (χ4n) is 1.51. The van der Waals surface area contributed by atoms with Gasteiger partial charge in [0.05, 0.1) is 0 Å². The Kier molecular flexibility index (Phi) is 6.09. The molecule has 4 heteroatoms. The zero-order valence-electron chi connectivity index (χ0n) is 10.7. The SMILES string of the molecule is C=CCOC(=O)CC(=O)N(CC=C)c1ccccc1. The average molecular weight is 259 g/mol. The fourth-order valence-corrected chi connectivity index (χ4v) is 1.51. The van der Waals surface area contributed by atoms with Gasteiger partial charge >= 0.3 is 5.97 Å². The third-order valence-electron chi connectivity index (χ3n) is 2.34. The fraction of sp³-hybridized carbons (Fsp3) is 0.200. The van der Waals surface area contributed by atoms with E-state index in [4.69, 9.17) is 4.74 Å². The van der Waals surface area contributed by atoms with Crippen LogP contribution in [0, 0.1) is 0 Å². The summed E-state index contributed by atoms with van der Waals surface area (Å²) < 4.78 is 4.80. The number of rotatable bonds is 7. The van der Waals surface area contributed by atoms with Gasteiger partial charge in [-0.25, -0.2) is 0 Å². The van der Waals surface area contributed by atoms with Crippen molar-refractivity contribution in [3.05, 3.63) is 55.6 Å². The van der Waals surface area contributed by atoms with Crippen molar-refractivity contribution in [2.75, 3.05) is 18.1 Å². The maximum Gasteiger partial charge on any atom is 0.315 e. The quantitative estimate of drug-likeness (QED) is 0.429. The lowest BCUT2D eigenvalue weighted by Gasteiger charge is -2.20. The number of hydrogen-bond acceptors (Lipinski definition) is 3. The van der Waals surface area contributed by atoms with Crippen LogP contribution in [0.2, 0.25) is 0 Å². The number of ether oxygens (including phenoxy) is 1. The second kappa shape index (κ2) is 7.87. The zero-order chi connectivity index (χ0) is 14.1. The molecule has 100 valence electrons. The maximum absolute atomic E-state index is 12.1. The van der Waals surface area contributed by atoms with Crippen LogP contribution in [-0.4, -0.2) is 25.0 Å². The molecule has 0 spiro atoms. The smallest absolute Gasteiger partial charge is 0.315 e. The third-order valence-corrected chi connectivity index (χ3v) is 2.34. The molecule has 1 aromatic rings. The number of hydrogen-bond donors (Lipinski definition) is 0. The van der Waals surface area contributed by atoms with E-state index in [2.05, 4.69) is 13.2 Å². The first-order valence-corrected chi connectivity index (χ1v) is 5.92. The van der Waals surface area contributed by atoms with Crippen molar-refractivity contribution >= 4 is 17.6 Å². The van der Waals surface area contributed by atoms with Crippen LogP contribution in [0.5, 0.6) is 0 Å².